The number of pyridine rings is 2. The zero-order chi connectivity index (χ0) is 26.1. The van der Waals surface area contributed by atoms with Gasteiger partial charge in [-0.2, -0.15) is 4.98 Å². The molecule has 0 radical (unpaired) electrons. The van der Waals surface area contributed by atoms with Gasteiger partial charge in [-0.15, -0.1) is 0 Å². The van der Waals surface area contributed by atoms with Crippen LogP contribution in [0.4, 0.5) is 17.7 Å². The molecule has 1 amide bonds. The minimum atomic E-state index is -0.319. The molecule has 3 saturated heterocycles. The Morgan fingerprint density at radius 2 is 1.95 bits per heavy atom. The molecule has 12 nitrogen and oxygen atoms in total. The fourth-order valence-electron chi connectivity index (χ4n) is 5.35. The second kappa shape index (κ2) is 10.4. The molecule has 2 atom stereocenters. The fraction of sp³-hybridized carbons (Fsp3) is 0.423. The van der Waals surface area contributed by atoms with Crippen molar-refractivity contribution in [2.24, 2.45) is 22.6 Å². The number of aromatic nitrogens is 3. The number of allylic oxidation sites excluding steroid dienone is 1. The maximum Gasteiger partial charge on any atom is 0.300 e. The van der Waals surface area contributed by atoms with Crippen molar-refractivity contribution in [1.82, 2.24) is 20.3 Å². The summed E-state index contributed by atoms with van der Waals surface area (Å²) in [4.78, 5) is 36.0. The van der Waals surface area contributed by atoms with E-state index in [0.29, 0.717) is 83.9 Å². The van der Waals surface area contributed by atoms with Crippen LogP contribution >= 0.6 is 0 Å². The van der Waals surface area contributed by atoms with Gasteiger partial charge in [-0.25, -0.2) is 9.97 Å². The predicted octanol–water partition coefficient (Wildman–Crippen LogP) is 1.36. The molecule has 6 heterocycles. The Morgan fingerprint density at radius 3 is 2.68 bits per heavy atom. The number of carbonyl (C=O) groups excluding carboxylic acids is 1. The third kappa shape index (κ3) is 4.68. The highest BCUT2D eigenvalue weighted by Gasteiger charge is 2.38. The molecule has 38 heavy (non-hydrogen) atoms. The number of aliphatic imine (C=N–C) groups is 1. The van der Waals surface area contributed by atoms with Gasteiger partial charge in [0.15, 0.2) is 5.58 Å². The first-order valence-electron chi connectivity index (χ1n) is 12.9. The van der Waals surface area contributed by atoms with Crippen LogP contribution in [0.15, 0.2) is 39.9 Å². The number of nitrogens with one attached hydrogen (secondary N) is 2. The van der Waals surface area contributed by atoms with Crippen LogP contribution in [0.1, 0.15) is 16.1 Å². The van der Waals surface area contributed by atoms with Crippen LogP contribution < -0.4 is 26.2 Å². The number of hydrogen-bond donors (Lipinski definition) is 3. The van der Waals surface area contributed by atoms with E-state index in [2.05, 4.69) is 30.5 Å². The van der Waals surface area contributed by atoms with Crippen LogP contribution in [0.5, 0.6) is 0 Å². The van der Waals surface area contributed by atoms with Crippen molar-refractivity contribution >= 4 is 46.6 Å². The van der Waals surface area contributed by atoms with Gasteiger partial charge >= 0.3 is 0 Å². The maximum atomic E-state index is 13.7. The summed E-state index contributed by atoms with van der Waals surface area (Å²) < 4.78 is 11.5. The predicted molar refractivity (Wildman–Crippen MR) is 146 cm³/mol. The number of oxazole rings is 1. The van der Waals surface area contributed by atoms with Gasteiger partial charge in [-0.05, 0) is 24.0 Å². The van der Waals surface area contributed by atoms with E-state index in [9.17, 15) is 4.79 Å². The monoisotopic (exact) mass is 517 g/mol. The second-order valence-corrected chi connectivity index (χ2v) is 9.73. The molecule has 3 aromatic heterocycles. The van der Waals surface area contributed by atoms with E-state index in [1.54, 1.807) is 25.4 Å². The van der Waals surface area contributed by atoms with Gasteiger partial charge in [-0.3, -0.25) is 9.79 Å². The van der Waals surface area contributed by atoms with E-state index in [-0.39, 0.29) is 5.91 Å². The number of nitrogens with two attached hydrogens (primary N) is 1. The first-order chi connectivity index (χ1) is 18.6. The third-order valence-corrected chi connectivity index (χ3v) is 7.30. The number of rotatable bonds is 6. The van der Waals surface area contributed by atoms with E-state index in [1.807, 2.05) is 17.0 Å². The van der Waals surface area contributed by atoms with E-state index < -0.39 is 0 Å². The van der Waals surface area contributed by atoms with Crippen molar-refractivity contribution in [3.63, 3.8) is 0 Å². The summed E-state index contributed by atoms with van der Waals surface area (Å²) in [5, 5.41) is 6.40. The molecule has 0 spiro atoms. The summed E-state index contributed by atoms with van der Waals surface area (Å²) in [7, 11) is 1.66. The molecular formula is C26H31N9O3. The van der Waals surface area contributed by atoms with Crippen LogP contribution in [0.2, 0.25) is 0 Å². The average Bonchev–Trinajstić information content (AvgIpc) is 3.66. The molecule has 3 fully saturated rings. The molecule has 0 aromatic carbocycles. The van der Waals surface area contributed by atoms with Crippen molar-refractivity contribution in [2.75, 3.05) is 74.6 Å². The normalized spacial score (nSPS) is 22.0. The van der Waals surface area contributed by atoms with Gasteiger partial charge in [-0.1, -0.05) is 6.07 Å². The summed E-state index contributed by atoms with van der Waals surface area (Å²) in [6, 6.07) is 7.60. The average molecular weight is 518 g/mol. The molecule has 2 unspecified atom stereocenters. The van der Waals surface area contributed by atoms with Crippen LogP contribution in [-0.2, 0) is 4.74 Å². The highest BCUT2D eigenvalue weighted by molar-refractivity contribution is 6.10. The Kier molecular flexibility index (Phi) is 6.64. The topological polar surface area (TPSA) is 147 Å². The van der Waals surface area contributed by atoms with Crippen molar-refractivity contribution in [3.05, 3.63) is 41.7 Å². The Labute approximate surface area is 220 Å². The van der Waals surface area contributed by atoms with Gasteiger partial charge in [0, 0.05) is 70.4 Å². The number of carbonyl (C=O) groups is 1. The van der Waals surface area contributed by atoms with Gasteiger partial charge in [0.1, 0.15) is 11.6 Å². The highest BCUT2D eigenvalue weighted by Crippen LogP contribution is 2.34. The van der Waals surface area contributed by atoms with Crippen molar-refractivity contribution < 1.29 is 13.9 Å². The lowest BCUT2D eigenvalue weighted by Crippen LogP contribution is -2.36. The highest BCUT2D eigenvalue weighted by atomic mass is 16.5. The van der Waals surface area contributed by atoms with Crippen LogP contribution in [0.25, 0.3) is 16.8 Å². The summed E-state index contributed by atoms with van der Waals surface area (Å²) >= 11 is 0. The van der Waals surface area contributed by atoms with E-state index in [1.165, 1.54) is 6.20 Å². The number of morpholine rings is 1. The van der Waals surface area contributed by atoms with Crippen molar-refractivity contribution in [2.45, 2.75) is 0 Å². The lowest BCUT2D eigenvalue weighted by molar-refractivity contribution is 0.102. The number of ether oxygens (including phenoxy) is 1. The van der Waals surface area contributed by atoms with Gasteiger partial charge < -0.3 is 35.3 Å². The first-order valence-corrected chi connectivity index (χ1v) is 12.9. The maximum absolute atomic E-state index is 13.7. The smallest absolute Gasteiger partial charge is 0.300 e. The summed E-state index contributed by atoms with van der Waals surface area (Å²) in [5.41, 5.74) is 8.39. The quantitative estimate of drug-likeness (QED) is 0.410. The lowest BCUT2D eigenvalue weighted by atomic mass is 10.0. The fourth-order valence-corrected chi connectivity index (χ4v) is 5.35. The van der Waals surface area contributed by atoms with E-state index in [4.69, 9.17) is 19.9 Å². The Balaban J connectivity index is 1.34. The minimum absolute atomic E-state index is 0.319. The summed E-state index contributed by atoms with van der Waals surface area (Å²) in [6.07, 6.45) is 3.06. The zero-order valence-electron chi connectivity index (χ0n) is 21.3. The number of fused-ring (bicyclic) bond motifs is 2. The second-order valence-electron chi connectivity index (χ2n) is 9.73. The molecule has 6 rings (SSSR count). The molecule has 3 aliphatic heterocycles. The third-order valence-electron chi connectivity index (χ3n) is 7.30. The standard InChI is InChI=1S/C26H31N9O3/c1-28-11-16(10-27)20-3-2-4-22(30-20)31-25(36)19-9-21-23(33-26(38-21)34-5-7-37-8-6-34)32-24(19)35-14-17-12-29-13-18(17)15-35/h2-4,9-11,17-18,29H,5-8,12-15,27H2,1H3,(H,30,31,36)/b16-10+,28-11?. The zero-order valence-corrected chi connectivity index (χ0v) is 21.3. The molecule has 0 saturated carbocycles. The summed E-state index contributed by atoms with van der Waals surface area (Å²) in [6.45, 7) is 6.24. The van der Waals surface area contributed by atoms with Crippen LogP contribution in [-0.4, -0.2) is 86.6 Å². The van der Waals surface area contributed by atoms with Crippen LogP contribution in [0, 0.1) is 11.8 Å². The summed E-state index contributed by atoms with van der Waals surface area (Å²) in [5.74, 6) is 1.76. The number of nitrogens with zero attached hydrogens (tertiary/aromatic N) is 6. The van der Waals surface area contributed by atoms with Gasteiger partial charge in [0.25, 0.3) is 11.9 Å². The van der Waals surface area contributed by atoms with E-state index >= 15 is 0 Å². The van der Waals surface area contributed by atoms with Crippen LogP contribution in [0.3, 0.4) is 0 Å². The number of hydrogen-bond acceptors (Lipinski definition) is 11. The molecule has 4 N–H and O–H groups in total. The SMILES string of the molecule is CN=C/C(=C\N)c1cccc(NC(=O)c2cc3oc(N4CCOCC4)nc3nc2N2CC3CNCC3C2)n1. The molecule has 198 valence electrons. The van der Waals surface area contributed by atoms with E-state index in [0.717, 1.165) is 26.2 Å². The molecular weight excluding hydrogens is 486 g/mol. The number of anilines is 3. The van der Waals surface area contributed by atoms with Crippen molar-refractivity contribution in [3.8, 4) is 0 Å². The van der Waals surface area contributed by atoms with Gasteiger partial charge in [0.05, 0.1) is 24.5 Å². The molecule has 0 aliphatic carbocycles. The lowest BCUT2D eigenvalue weighted by Gasteiger charge is -2.24. The number of amides is 1. The Hall–Kier alpha value is -4.03. The van der Waals surface area contributed by atoms with Crippen molar-refractivity contribution in [1.29, 1.82) is 0 Å². The Bertz CT molecular complexity index is 1380. The minimum Gasteiger partial charge on any atom is -0.422 e. The van der Waals surface area contributed by atoms with Gasteiger partial charge in [0.2, 0.25) is 5.65 Å². The Morgan fingerprint density at radius 1 is 1.16 bits per heavy atom. The molecule has 12 heteroatoms. The molecule has 3 aromatic rings. The molecule has 0 bridgehead atoms. The largest absolute Gasteiger partial charge is 0.422 e. The first kappa shape index (κ1) is 24.3. The molecule has 3 aliphatic rings.